The molecule has 0 aliphatic heterocycles. The number of halogens is 3. The summed E-state index contributed by atoms with van der Waals surface area (Å²) < 4.78 is 51.6. The van der Waals surface area contributed by atoms with Gasteiger partial charge in [-0.05, 0) is 166 Å². The van der Waals surface area contributed by atoms with Crippen LogP contribution in [-0.2, 0) is 6.18 Å². The van der Waals surface area contributed by atoms with E-state index in [1.54, 1.807) is 49.4 Å². The molecule has 0 atom stereocenters. The second-order valence-corrected chi connectivity index (χ2v) is 18.8. The molecule has 0 saturated carbocycles. The van der Waals surface area contributed by atoms with E-state index in [4.69, 9.17) is 6.57 Å². The largest absolute Gasteiger partial charge is 0.417 e. The summed E-state index contributed by atoms with van der Waals surface area (Å²) in [5.74, 6) is 0. The van der Waals surface area contributed by atoms with Crippen LogP contribution in [0, 0.1) is 58.8 Å². The summed E-state index contributed by atoms with van der Waals surface area (Å²) in [7, 11) is 0. The van der Waals surface area contributed by atoms with Crippen molar-refractivity contribution in [2.75, 3.05) is 0 Å². The molecule has 0 spiro atoms. The molecule has 12 rings (SSSR count). The highest BCUT2D eigenvalue weighted by Gasteiger charge is 2.37. The van der Waals surface area contributed by atoms with E-state index in [1.807, 2.05) is 155 Å². The first-order chi connectivity index (χ1) is 37.5. The van der Waals surface area contributed by atoms with Crippen LogP contribution in [0.4, 0.5) is 18.9 Å². The zero-order chi connectivity index (χ0) is 53.1. The van der Waals surface area contributed by atoms with Gasteiger partial charge in [0, 0.05) is 32.7 Å². The van der Waals surface area contributed by atoms with E-state index >= 15 is 13.2 Å². The molecule has 10 heteroatoms. The number of fused-ring (bicyclic) bond motifs is 6. The summed E-state index contributed by atoms with van der Waals surface area (Å²) >= 11 is 0. The summed E-state index contributed by atoms with van der Waals surface area (Å²) in [4.78, 5) is 3.67. The molecule has 2 heterocycles. The first-order valence-electron chi connectivity index (χ1n) is 24.4. The molecule has 360 valence electrons. The summed E-state index contributed by atoms with van der Waals surface area (Å²) in [6, 6.07) is 69.2. The maximum atomic E-state index is 15.9. The number of benzene rings is 10. The molecule has 0 aliphatic rings. The van der Waals surface area contributed by atoms with Crippen molar-refractivity contribution < 1.29 is 13.2 Å². The molecule has 0 radical (unpaired) electrons. The van der Waals surface area contributed by atoms with E-state index < -0.39 is 11.7 Å². The highest BCUT2D eigenvalue weighted by atomic mass is 19.4. The Labute approximate surface area is 440 Å². The van der Waals surface area contributed by atoms with Gasteiger partial charge in [0.25, 0.3) is 0 Å². The monoisotopic (exact) mass is 995 g/mol. The number of rotatable bonds is 7. The summed E-state index contributed by atoms with van der Waals surface area (Å²) in [5.41, 5.74) is 11.4. The van der Waals surface area contributed by atoms with Crippen molar-refractivity contribution in [3.05, 3.63) is 245 Å². The van der Waals surface area contributed by atoms with Gasteiger partial charge >= 0.3 is 6.18 Å². The lowest BCUT2D eigenvalue weighted by atomic mass is 9.90. The van der Waals surface area contributed by atoms with Crippen molar-refractivity contribution in [3.8, 4) is 91.3 Å². The molecule has 0 amide bonds. The fourth-order valence-electron chi connectivity index (χ4n) is 10.9. The molecule has 7 nitrogen and oxygen atoms in total. The summed E-state index contributed by atoms with van der Waals surface area (Å²) in [6.45, 7) is 9.40. The Kier molecular flexibility index (Phi) is 11.3. The first kappa shape index (κ1) is 47.1. The summed E-state index contributed by atoms with van der Waals surface area (Å²) in [5, 5.41) is 43.7. The lowest BCUT2D eigenvalue weighted by molar-refractivity contribution is -0.137. The Morgan fingerprint density at radius 1 is 0.390 bits per heavy atom. The van der Waals surface area contributed by atoms with Gasteiger partial charge in [-0.25, -0.2) is 4.85 Å². The lowest BCUT2D eigenvalue weighted by Crippen LogP contribution is -2.12. The summed E-state index contributed by atoms with van der Waals surface area (Å²) in [6.07, 6.45) is -4.81. The van der Waals surface area contributed by atoms with E-state index in [9.17, 15) is 21.0 Å². The first-order valence-corrected chi connectivity index (χ1v) is 24.4. The zero-order valence-corrected chi connectivity index (χ0v) is 40.8. The van der Waals surface area contributed by atoms with Crippen LogP contribution in [0.3, 0.4) is 0 Å². The second-order valence-electron chi connectivity index (χ2n) is 18.8. The molecule has 2 aromatic heterocycles. The van der Waals surface area contributed by atoms with Gasteiger partial charge in [0.1, 0.15) is 0 Å². The van der Waals surface area contributed by atoms with Crippen molar-refractivity contribution in [2.24, 2.45) is 0 Å². The molecule has 0 N–H and O–H groups in total. The van der Waals surface area contributed by atoms with Gasteiger partial charge in [0.05, 0.1) is 92.1 Å². The number of nitrogens with zero attached hydrogens (tertiary/aromatic N) is 7. The fraction of sp³-hybridized carbons (Fsp3) is 0.0299. The number of hydrogen-bond donors (Lipinski definition) is 0. The van der Waals surface area contributed by atoms with Crippen molar-refractivity contribution in [1.29, 1.82) is 21.0 Å². The zero-order valence-electron chi connectivity index (χ0n) is 40.8. The fourth-order valence-corrected chi connectivity index (χ4v) is 10.9. The number of aryl methyl sites for hydroxylation is 1. The van der Waals surface area contributed by atoms with Crippen molar-refractivity contribution in [1.82, 2.24) is 9.13 Å². The van der Waals surface area contributed by atoms with Crippen LogP contribution in [0.2, 0.25) is 0 Å². The van der Waals surface area contributed by atoms with Gasteiger partial charge in [0.2, 0.25) is 0 Å². The van der Waals surface area contributed by atoms with Crippen LogP contribution in [0.5, 0.6) is 0 Å². The average molecular weight is 996 g/mol. The van der Waals surface area contributed by atoms with Gasteiger partial charge in [-0.3, -0.25) is 0 Å². The van der Waals surface area contributed by atoms with Gasteiger partial charge in [0.15, 0.2) is 5.69 Å². The minimum absolute atomic E-state index is 0.0631. The van der Waals surface area contributed by atoms with Crippen molar-refractivity contribution in [2.45, 2.75) is 13.1 Å². The third-order valence-electron chi connectivity index (χ3n) is 14.3. The molecule has 0 fully saturated rings. The number of nitriles is 4. The standard InChI is InChI=1S/C67H36F3N7/c1-40-8-3-17-58(67(68,69)70)65(40)66-63(76-59-22-18-49(45-12-4-9-41(26-45)36-71)32-54(59)55-33-50(19-23-60(55)76)46-13-5-10-42(27-46)37-72)29-44(39-74)30-64(66)77-61-24-20-51(47-14-6-11-43(28-47)38-73)34-56(61)57-35-52(21-25-62(57)77)48-15-7-16-53(31-48)75-2/h3-35H,1H3. The van der Waals surface area contributed by atoms with E-state index in [-0.39, 0.29) is 16.7 Å². The average Bonchev–Trinajstić information content (AvgIpc) is 4.23. The molecular formula is C67H36F3N7. The number of aromatic nitrogens is 2. The Morgan fingerprint density at radius 2 is 0.740 bits per heavy atom. The maximum absolute atomic E-state index is 15.9. The quantitative estimate of drug-likeness (QED) is 0.148. The molecule has 0 bridgehead atoms. The minimum atomic E-state index is -4.81. The smallest absolute Gasteiger partial charge is 0.308 e. The van der Waals surface area contributed by atoms with Gasteiger partial charge < -0.3 is 9.13 Å². The topological polar surface area (TPSA) is 109 Å². The van der Waals surface area contributed by atoms with Crippen molar-refractivity contribution in [3.63, 3.8) is 0 Å². The molecule has 0 unspecified atom stereocenters. The van der Waals surface area contributed by atoms with E-state index in [2.05, 4.69) is 29.1 Å². The normalized spacial score (nSPS) is 11.3. The van der Waals surface area contributed by atoms with Gasteiger partial charge in [-0.1, -0.05) is 91.0 Å². The highest BCUT2D eigenvalue weighted by Crippen LogP contribution is 2.49. The molecule has 0 saturated heterocycles. The Morgan fingerprint density at radius 3 is 1.10 bits per heavy atom. The lowest BCUT2D eigenvalue weighted by Gasteiger charge is -2.24. The SMILES string of the molecule is [C-]#[N+]c1cccc(-c2ccc3c(c2)c2cc(-c4cccc(C#N)c4)ccc2n3-c2cc(C#N)cc(-n3c4ccc(-c5cccc(C#N)c5)cc4c4cc(-c5cccc(C#N)c5)ccc43)c2-c2c(C)cccc2C(F)(F)F)c1. The minimum Gasteiger partial charge on any atom is -0.308 e. The van der Waals surface area contributed by atoms with Gasteiger partial charge in [-0.2, -0.15) is 34.2 Å². The molecule has 10 aromatic carbocycles. The number of alkyl halides is 3. The molecule has 12 aromatic rings. The third-order valence-corrected chi connectivity index (χ3v) is 14.3. The Hall–Kier alpha value is -11.0. The molecule has 0 aliphatic carbocycles. The molecule has 77 heavy (non-hydrogen) atoms. The van der Waals surface area contributed by atoms with E-state index in [1.165, 1.54) is 6.07 Å². The van der Waals surface area contributed by atoms with Gasteiger partial charge in [-0.15, -0.1) is 0 Å². The predicted molar refractivity (Wildman–Crippen MR) is 297 cm³/mol. The highest BCUT2D eigenvalue weighted by molar-refractivity contribution is 6.14. The Balaban J connectivity index is 1.23. The third kappa shape index (κ3) is 8.06. The van der Waals surface area contributed by atoms with Crippen LogP contribution in [-0.4, -0.2) is 9.13 Å². The maximum Gasteiger partial charge on any atom is 0.417 e. The van der Waals surface area contributed by atoms with E-state index in [0.29, 0.717) is 61.4 Å². The van der Waals surface area contributed by atoms with E-state index in [0.717, 1.165) is 72.1 Å². The van der Waals surface area contributed by atoms with Crippen LogP contribution in [0.15, 0.2) is 200 Å². The number of hydrogen-bond acceptors (Lipinski definition) is 4. The van der Waals surface area contributed by atoms with Crippen LogP contribution in [0.25, 0.3) is 115 Å². The van der Waals surface area contributed by atoms with Crippen LogP contribution in [0.1, 0.15) is 33.4 Å². The van der Waals surface area contributed by atoms with Crippen molar-refractivity contribution >= 4 is 49.3 Å². The molecular weight excluding hydrogens is 960 g/mol. The van der Waals surface area contributed by atoms with Crippen LogP contribution < -0.4 is 0 Å². The second kappa shape index (κ2) is 18.5. The Bertz CT molecular complexity index is 4220. The predicted octanol–water partition coefficient (Wildman–Crippen LogP) is 17.6. The van der Waals surface area contributed by atoms with Crippen LogP contribution >= 0.6 is 0 Å².